The molecule has 0 aromatic rings. The topological polar surface area (TPSA) is 99.0 Å². The molecule has 6 nitrogen and oxygen atoms in total. The second kappa shape index (κ2) is 20.4. The maximum absolute atomic E-state index is 11.5. The Bertz CT molecular complexity index is 466. The van der Waals surface area contributed by atoms with Crippen molar-refractivity contribution < 1.29 is 19.8 Å². The van der Waals surface area contributed by atoms with E-state index in [1.807, 2.05) is 0 Å². The van der Waals surface area contributed by atoms with Crippen LogP contribution >= 0.6 is 24.4 Å². The van der Waals surface area contributed by atoms with Gasteiger partial charge in [0.25, 0.3) is 5.24 Å². The van der Waals surface area contributed by atoms with Gasteiger partial charge in [0, 0.05) is 17.0 Å². The van der Waals surface area contributed by atoms with Gasteiger partial charge in [-0.3, -0.25) is 4.79 Å². The standard InChI is InChI=1S/C11H21NO2S.C6H12OS.C5H9NO/c1-2-3-8-12-11(14)15-10-7-5-4-6-9(10)13;7-5-3-1-2-4-6(5)8;1-2-3-4-6-5-7/h9-10,13H,2-8H2,1H3,(H,12,14);5-8H,1-4H2;2-4H2,1H3. The summed E-state index contributed by atoms with van der Waals surface area (Å²) in [5, 5.41) is 22.0. The molecule has 0 spiro atoms. The van der Waals surface area contributed by atoms with Crippen molar-refractivity contribution >= 4 is 35.7 Å². The predicted octanol–water partition coefficient (Wildman–Crippen LogP) is 4.87. The van der Waals surface area contributed by atoms with E-state index in [-0.39, 0.29) is 27.9 Å². The number of nitrogens with one attached hydrogen (secondary N) is 1. The van der Waals surface area contributed by atoms with Crippen molar-refractivity contribution in [1.82, 2.24) is 5.32 Å². The summed E-state index contributed by atoms with van der Waals surface area (Å²) in [6.07, 6.45) is 13.8. The molecule has 4 atom stereocenters. The Kier molecular flexibility index (Phi) is 20.0. The fourth-order valence-electron chi connectivity index (χ4n) is 3.14. The molecule has 0 aromatic carbocycles. The third-order valence-electron chi connectivity index (χ3n) is 5.11. The van der Waals surface area contributed by atoms with Crippen LogP contribution in [0.25, 0.3) is 0 Å². The fraction of sp³-hybridized carbons (Fsp3) is 0.909. The highest BCUT2D eigenvalue weighted by Crippen LogP contribution is 2.29. The monoisotopic (exact) mass is 462 g/mol. The molecule has 30 heavy (non-hydrogen) atoms. The molecule has 0 radical (unpaired) electrons. The molecular weight excluding hydrogens is 420 g/mol. The molecule has 4 unspecified atom stereocenters. The van der Waals surface area contributed by atoms with Crippen molar-refractivity contribution in [3.63, 3.8) is 0 Å². The quantitative estimate of drug-likeness (QED) is 0.187. The molecule has 2 aliphatic rings. The molecule has 0 bridgehead atoms. The van der Waals surface area contributed by atoms with Gasteiger partial charge in [-0.15, -0.1) is 0 Å². The Balaban J connectivity index is 0.000000471. The van der Waals surface area contributed by atoms with E-state index < -0.39 is 0 Å². The number of carbonyl (C=O) groups excluding carboxylic acids is 2. The molecule has 2 rings (SSSR count). The number of aliphatic hydroxyl groups is 2. The highest BCUT2D eigenvalue weighted by molar-refractivity contribution is 8.14. The summed E-state index contributed by atoms with van der Waals surface area (Å²) in [5.74, 6) is 0. The van der Waals surface area contributed by atoms with E-state index in [1.54, 1.807) is 0 Å². The van der Waals surface area contributed by atoms with Gasteiger partial charge in [0.15, 0.2) is 0 Å². The van der Waals surface area contributed by atoms with E-state index >= 15 is 0 Å². The number of unbranched alkanes of at least 4 members (excludes halogenated alkanes) is 2. The number of isocyanates is 1. The number of thioether (sulfide) groups is 1. The van der Waals surface area contributed by atoms with E-state index in [1.165, 1.54) is 30.7 Å². The molecule has 0 aliphatic heterocycles. The van der Waals surface area contributed by atoms with Gasteiger partial charge in [-0.1, -0.05) is 64.1 Å². The van der Waals surface area contributed by atoms with Gasteiger partial charge in [-0.05, 0) is 38.5 Å². The van der Waals surface area contributed by atoms with Crippen LogP contribution in [-0.4, -0.2) is 57.3 Å². The summed E-state index contributed by atoms with van der Waals surface area (Å²) in [5.41, 5.74) is 0. The van der Waals surface area contributed by atoms with Crippen molar-refractivity contribution in [3.05, 3.63) is 0 Å². The van der Waals surface area contributed by atoms with Crippen LogP contribution in [0.2, 0.25) is 0 Å². The first-order chi connectivity index (χ1) is 14.5. The molecule has 8 heteroatoms. The average molecular weight is 463 g/mol. The van der Waals surface area contributed by atoms with Crippen LogP contribution in [0.4, 0.5) is 4.79 Å². The van der Waals surface area contributed by atoms with Crippen LogP contribution in [-0.2, 0) is 4.79 Å². The number of amides is 1. The molecule has 2 aliphatic carbocycles. The first kappa shape index (κ1) is 29.5. The predicted molar refractivity (Wildman–Crippen MR) is 129 cm³/mol. The summed E-state index contributed by atoms with van der Waals surface area (Å²) in [6.45, 7) is 5.55. The summed E-state index contributed by atoms with van der Waals surface area (Å²) < 4.78 is 0. The number of hydrogen-bond donors (Lipinski definition) is 4. The first-order valence-corrected chi connectivity index (χ1v) is 12.9. The van der Waals surface area contributed by atoms with Crippen molar-refractivity contribution in [1.29, 1.82) is 0 Å². The zero-order valence-electron chi connectivity index (χ0n) is 18.7. The van der Waals surface area contributed by atoms with Crippen LogP contribution < -0.4 is 5.32 Å². The number of nitrogens with zero attached hydrogens (tertiary/aromatic N) is 1. The molecule has 2 saturated carbocycles. The maximum atomic E-state index is 11.5. The second-order valence-electron chi connectivity index (χ2n) is 7.82. The van der Waals surface area contributed by atoms with E-state index in [9.17, 15) is 14.7 Å². The minimum Gasteiger partial charge on any atom is -0.392 e. The van der Waals surface area contributed by atoms with Crippen LogP contribution in [0.3, 0.4) is 0 Å². The molecular formula is C22H42N2O4S2. The number of carbonyl (C=O) groups is 1. The van der Waals surface area contributed by atoms with Gasteiger partial charge in [-0.25, -0.2) is 9.79 Å². The van der Waals surface area contributed by atoms with Gasteiger partial charge >= 0.3 is 0 Å². The second-order valence-corrected chi connectivity index (χ2v) is 9.70. The fourth-order valence-corrected chi connectivity index (χ4v) is 4.51. The Labute approximate surface area is 192 Å². The Morgan fingerprint density at radius 2 is 1.63 bits per heavy atom. The molecule has 0 aromatic heterocycles. The highest BCUT2D eigenvalue weighted by Gasteiger charge is 2.25. The molecule has 0 heterocycles. The molecule has 1 amide bonds. The largest absolute Gasteiger partial charge is 0.392 e. The normalized spacial score (nSPS) is 25.5. The van der Waals surface area contributed by atoms with Gasteiger partial charge in [0.1, 0.15) is 0 Å². The summed E-state index contributed by atoms with van der Waals surface area (Å²) in [7, 11) is 0. The van der Waals surface area contributed by atoms with Crippen molar-refractivity contribution in [3.8, 4) is 0 Å². The van der Waals surface area contributed by atoms with Gasteiger partial charge in [0.05, 0.1) is 18.8 Å². The molecule has 176 valence electrons. The summed E-state index contributed by atoms with van der Waals surface area (Å²) in [6, 6.07) is 0. The number of rotatable bonds is 7. The summed E-state index contributed by atoms with van der Waals surface area (Å²) in [4.78, 5) is 24.2. The molecule has 2 fully saturated rings. The first-order valence-electron chi connectivity index (χ1n) is 11.5. The van der Waals surface area contributed by atoms with E-state index in [4.69, 9.17) is 5.11 Å². The lowest BCUT2D eigenvalue weighted by Crippen LogP contribution is -2.31. The third kappa shape index (κ3) is 16.2. The Hall–Kier alpha value is -0.530. The number of aliphatic imine (C=N–C) groups is 1. The minimum absolute atomic E-state index is 0.0226. The number of hydrogen-bond acceptors (Lipinski definition) is 7. The van der Waals surface area contributed by atoms with E-state index in [0.29, 0.717) is 6.54 Å². The zero-order valence-corrected chi connectivity index (χ0v) is 20.4. The SMILES string of the molecule is CCCCN=C=O.CCCCNC(=O)SC1CCCCC1O.OC1CCCCC1S. The lowest BCUT2D eigenvalue weighted by Gasteiger charge is -2.26. The van der Waals surface area contributed by atoms with Crippen LogP contribution in [0.15, 0.2) is 4.99 Å². The highest BCUT2D eigenvalue weighted by atomic mass is 32.2. The smallest absolute Gasteiger partial charge is 0.279 e. The number of aliphatic hydroxyl groups excluding tert-OH is 2. The van der Waals surface area contributed by atoms with Crippen LogP contribution in [0.1, 0.15) is 90.9 Å². The Morgan fingerprint density at radius 1 is 1.03 bits per heavy atom. The number of thiol groups is 1. The van der Waals surface area contributed by atoms with Gasteiger partial charge in [-0.2, -0.15) is 12.6 Å². The Morgan fingerprint density at radius 3 is 2.13 bits per heavy atom. The van der Waals surface area contributed by atoms with Crippen molar-refractivity contribution in [2.24, 2.45) is 4.99 Å². The summed E-state index contributed by atoms with van der Waals surface area (Å²) >= 11 is 5.49. The minimum atomic E-state index is -0.291. The van der Waals surface area contributed by atoms with Crippen molar-refractivity contribution in [2.75, 3.05) is 13.1 Å². The zero-order chi connectivity index (χ0) is 22.6. The molecule has 0 saturated heterocycles. The molecule has 3 N–H and O–H groups in total. The van der Waals surface area contributed by atoms with Crippen LogP contribution in [0, 0.1) is 0 Å². The lowest BCUT2D eigenvalue weighted by molar-refractivity contribution is 0.137. The van der Waals surface area contributed by atoms with Gasteiger partial charge in [0.2, 0.25) is 6.08 Å². The van der Waals surface area contributed by atoms with Crippen LogP contribution in [0.5, 0.6) is 0 Å². The average Bonchev–Trinajstić information content (AvgIpc) is 2.74. The van der Waals surface area contributed by atoms with E-state index in [2.05, 4.69) is 36.8 Å². The van der Waals surface area contributed by atoms with E-state index in [0.717, 1.165) is 70.8 Å². The van der Waals surface area contributed by atoms with Crippen molar-refractivity contribution in [2.45, 2.75) is 114 Å². The maximum Gasteiger partial charge on any atom is 0.279 e. The lowest BCUT2D eigenvalue weighted by atomic mass is 9.97. The van der Waals surface area contributed by atoms with Gasteiger partial charge < -0.3 is 15.5 Å². The third-order valence-corrected chi connectivity index (χ3v) is 6.92.